The Labute approximate surface area is 243 Å². The Morgan fingerprint density at radius 3 is 1.42 bits per heavy atom. The molecule has 2 aromatic carbocycles. The lowest BCUT2D eigenvalue weighted by molar-refractivity contribution is 0.190. The second kappa shape index (κ2) is 19.6. The number of carbonyl (C=O) groups is 3. The van der Waals surface area contributed by atoms with Crippen LogP contribution in [0.15, 0.2) is 70.2 Å². The third-order valence-corrected chi connectivity index (χ3v) is 6.15. The molecule has 0 saturated heterocycles. The standard InChI is InChI=1S/C10H16Cl3NOS.2C7H7NOS/c1-6(2)14(7(3)4)10(15)16-5-8(11)9(12)13;2*9-7(10)8-6-4-2-1-3-5-6/h6-7H,5H2,1-4H3;2*1-5H,(H2,8,9,10). The van der Waals surface area contributed by atoms with Gasteiger partial charge in [-0.2, -0.15) is 0 Å². The molecule has 2 rings (SSSR count). The van der Waals surface area contributed by atoms with Gasteiger partial charge in [0.2, 0.25) is 0 Å². The molecule has 0 aliphatic carbocycles. The Hall–Kier alpha value is -1.49. The van der Waals surface area contributed by atoms with Gasteiger partial charge < -0.3 is 15.5 Å². The highest BCUT2D eigenvalue weighted by atomic mass is 35.5. The average Bonchev–Trinajstić information content (AvgIpc) is 2.78. The number of thiol groups is 2. The molecule has 0 spiro atoms. The van der Waals surface area contributed by atoms with Gasteiger partial charge in [0.1, 0.15) is 4.49 Å². The van der Waals surface area contributed by atoms with Crippen LogP contribution in [0.1, 0.15) is 27.7 Å². The van der Waals surface area contributed by atoms with Crippen molar-refractivity contribution in [1.29, 1.82) is 0 Å². The Bertz CT molecular complexity index is 916. The first-order valence-electron chi connectivity index (χ1n) is 10.6. The number of rotatable bonds is 6. The van der Waals surface area contributed by atoms with Crippen LogP contribution in [0.3, 0.4) is 0 Å². The predicted octanol–water partition coefficient (Wildman–Crippen LogP) is 9.14. The number of hydrogen-bond donors (Lipinski definition) is 4. The maximum absolute atomic E-state index is 11.9. The highest BCUT2D eigenvalue weighted by Gasteiger charge is 2.20. The topological polar surface area (TPSA) is 78.5 Å². The van der Waals surface area contributed by atoms with Crippen molar-refractivity contribution in [2.24, 2.45) is 0 Å². The van der Waals surface area contributed by atoms with E-state index in [0.29, 0.717) is 10.8 Å². The fraction of sp³-hybridized carbons (Fsp3) is 0.292. The van der Waals surface area contributed by atoms with Crippen LogP contribution in [0.5, 0.6) is 0 Å². The first-order chi connectivity index (χ1) is 16.8. The van der Waals surface area contributed by atoms with E-state index >= 15 is 0 Å². The number of para-hydroxylation sites is 2. The fourth-order valence-electron chi connectivity index (χ4n) is 2.56. The van der Waals surface area contributed by atoms with E-state index in [1.165, 1.54) is 0 Å². The molecule has 36 heavy (non-hydrogen) atoms. The zero-order valence-corrected chi connectivity index (χ0v) is 25.1. The summed E-state index contributed by atoms with van der Waals surface area (Å²) < 4.78 is 0.0163. The number of thioether (sulfide) groups is 1. The van der Waals surface area contributed by atoms with Crippen molar-refractivity contribution < 1.29 is 14.4 Å². The molecule has 0 saturated carbocycles. The number of nitrogens with one attached hydrogen (secondary N) is 2. The van der Waals surface area contributed by atoms with E-state index in [1.807, 2.05) is 64.1 Å². The zero-order chi connectivity index (χ0) is 27.7. The molecule has 198 valence electrons. The van der Waals surface area contributed by atoms with E-state index in [0.717, 1.165) is 23.1 Å². The molecule has 0 unspecified atom stereocenters. The minimum Gasteiger partial charge on any atom is -0.329 e. The normalized spacial score (nSPS) is 9.75. The summed E-state index contributed by atoms with van der Waals surface area (Å²) in [7, 11) is 0. The summed E-state index contributed by atoms with van der Waals surface area (Å²) in [5.41, 5.74) is 1.53. The van der Waals surface area contributed by atoms with Gasteiger partial charge in [-0.15, -0.1) is 0 Å². The summed E-state index contributed by atoms with van der Waals surface area (Å²) in [4.78, 5) is 34.4. The molecule has 0 aromatic heterocycles. The zero-order valence-electron chi connectivity index (χ0n) is 20.2. The van der Waals surface area contributed by atoms with Crippen LogP contribution in [-0.4, -0.2) is 38.5 Å². The van der Waals surface area contributed by atoms with Gasteiger partial charge in [-0.1, -0.05) is 108 Å². The summed E-state index contributed by atoms with van der Waals surface area (Å²) in [5, 5.41) is 4.66. The molecular weight excluding hydrogens is 581 g/mol. The molecular formula is C24H30Cl3N3O3S3. The number of hydrogen-bond acceptors (Lipinski definition) is 4. The van der Waals surface area contributed by atoms with Gasteiger partial charge >= 0.3 is 0 Å². The van der Waals surface area contributed by atoms with Crippen molar-refractivity contribution in [3.8, 4) is 0 Å². The molecule has 0 aliphatic heterocycles. The van der Waals surface area contributed by atoms with Crippen molar-refractivity contribution in [2.45, 2.75) is 39.8 Å². The van der Waals surface area contributed by atoms with Gasteiger partial charge in [-0.25, -0.2) is 0 Å². The third kappa shape index (κ3) is 17.1. The summed E-state index contributed by atoms with van der Waals surface area (Å²) in [6.07, 6.45) is 0. The monoisotopic (exact) mass is 609 g/mol. The maximum atomic E-state index is 11.9. The van der Waals surface area contributed by atoms with Crippen molar-refractivity contribution in [3.05, 3.63) is 70.2 Å². The predicted molar refractivity (Wildman–Crippen MR) is 163 cm³/mol. The van der Waals surface area contributed by atoms with Crippen molar-refractivity contribution in [1.82, 2.24) is 4.90 Å². The number of anilines is 2. The molecule has 0 fully saturated rings. The highest BCUT2D eigenvalue weighted by Crippen LogP contribution is 2.24. The second-order valence-electron chi connectivity index (χ2n) is 7.41. The minimum absolute atomic E-state index is 0.0160. The van der Waals surface area contributed by atoms with E-state index in [-0.39, 0.29) is 32.3 Å². The number of halogens is 3. The molecule has 0 bridgehead atoms. The smallest absolute Gasteiger partial charge is 0.282 e. The van der Waals surface area contributed by atoms with Crippen molar-refractivity contribution >= 4 is 98.9 Å². The Morgan fingerprint density at radius 1 is 0.778 bits per heavy atom. The van der Waals surface area contributed by atoms with Crippen LogP contribution in [0.2, 0.25) is 0 Å². The van der Waals surface area contributed by atoms with Crippen LogP contribution >= 0.6 is 71.8 Å². The van der Waals surface area contributed by atoms with Gasteiger partial charge in [-0.05, 0) is 52.0 Å². The summed E-state index contributed by atoms with van der Waals surface area (Å²) in [5.74, 6) is 0.304. The van der Waals surface area contributed by atoms with Crippen LogP contribution in [0.4, 0.5) is 25.8 Å². The van der Waals surface area contributed by atoms with Crippen molar-refractivity contribution in [3.63, 3.8) is 0 Å². The molecule has 0 radical (unpaired) electrons. The molecule has 3 amide bonds. The van der Waals surface area contributed by atoms with E-state index in [1.54, 1.807) is 29.2 Å². The number of carbonyl (C=O) groups excluding carboxylic acids is 3. The fourth-order valence-corrected chi connectivity index (χ4v) is 4.24. The van der Waals surface area contributed by atoms with Crippen LogP contribution in [-0.2, 0) is 0 Å². The lowest BCUT2D eigenvalue weighted by atomic mass is 10.2. The van der Waals surface area contributed by atoms with Crippen LogP contribution < -0.4 is 10.6 Å². The Balaban J connectivity index is 0.000000532. The quantitative estimate of drug-likeness (QED) is 0.246. The SMILES string of the molecule is CC(C)N(C(=O)SCC(Cl)=C(Cl)Cl)C(C)C.O=C(S)Nc1ccccc1.O=C(S)Nc1ccccc1. The lowest BCUT2D eigenvalue weighted by Crippen LogP contribution is -2.39. The van der Waals surface area contributed by atoms with E-state index in [4.69, 9.17) is 34.8 Å². The molecule has 0 aliphatic rings. The molecule has 12 heteroatoms. The summed E-state index contributed by atoms with van der Waals surface area (Å²) in [6.45, 7) is 7.91. The van der Waals surface area contributed by atoms with Crippen LogP contribution in [0.25, 0.3) is 0 Å². The average molecular weight is 611 g/mol. The molecule has 2 aromatic rings. The number of benzene rings is 2. The number of nitrogens with zero attached hydrogens (tertiary/aromatic N) is 1. The number of amides is 3. The first kappa shape index (κ1) is 34.5. The molecule has 0 atom stereocenters. The summed E-state index contributed by atoms with van der Waals surface area (Å²) >= 11 is 25.0. The second-order valence-corrected chi connectivity index (χ2v) is 10.6. The first-order valence-corrected chi connectivity index (χ1v) is 13.6. The van der Waals surface area contributed by atoms with Gasteiger partial charge in [0.15, 0.2) is 0 Å². The maximum Gasteiger partial charge on any atom is 0.282 e. The van der Waals surface area contributed by atoms with E-state index in [9.17, 15) is 14.4 Å². The largest absolute Gasteiger partial charge is 0.329 e. The van der Waals surface area contributed by atoms with Gasteiger partial charge in [0.25, 0.3) is 15.7 Å². The van der Waals surface area contributed by atoms with Gasteiger partial charge in [-0.3, -0.25) is 14.4 Å². The van der Waals surface area contributed by atoms with Crippen LogP contribution in [0, 0.1) is 0 Å². The van der Waals surface area contributed by atoms with Crippen molar-refractivity contribution in [2.75, 3.05) is 16.4 Å². The summed E-state index contributed by atoms with van der Waals surface area (Å²) in [6, 6.07) is 18.7. The molecule has 2 N–H and O–H groups in total. The third-order valence-electron chi connectivity index (χ3n) is 3.90. The lowest BCUT2D eigenvalue weighted by Gasteiger charge is -2.30. The van der Waals surface area contributed by atoms with E-state index < -0.39 is 0 Å². The minimum atomic E-state index is -0.341. The Kier molecular flexibility index (Phi) is 18.8. The van der Waals surface area contributed by atoms with Gasteiger partial charge in [0.05, 0.1) is 5.03 Å². The van der Waals surface area contributed by atoms with E-state index in [2.05, 4.69) is 35.9 Å². The Morgan fingerprint density at radius 2 is 1.14 bits per heavy atom. The van der Waals surface area contributed by atoms with Gasteiger partial charge in [0, 0.05) is 29.2 Å². The highest BCUT2D eigenvalue weighted by molar-refractivity contribution is 8.13. The molecule has 6 nitrogen and oxygen atoms in total. The molecule has 0 heterocycles.